The Hall–Kier alpha value is -4.16. The molecule has 2 aromatic heterocycles. The molecule has 12 heteroatoms. The van der Waals surface area contributed by atoms with Gasteiger partial charge in [0.2, 0.25) is 11.8 Å². The number of pyridine rings is 1. The molecule has 11 nitrogen and oxygen atoms in total. The lowest BCUT2D eigenvalue weighted by molar-refractivity contribution is -0.157. The van der Waals surface area contributed by atoms with E-state index < -0.39 is 47.4 Å². The van der Waals surface area contributed by atoms with Gasteiger partial charge in [-0.15, -0.1) is 11.3 Å². The van der Waals surface area contributed by atoms with Crippen molar-refractivity contribution in [2.24, 2.45) is 11.3 Å². The number of carbonyl (C=O) groups is 4. The third-order valence-electron chi connectivity index (χ3n) is 8.21. The highest BCUT2D eigenvalue weighted by molar-refractivity contribution is 7.07. The molecule has 0 spiro atoms. The van der Waals surface area contributed by atoms with E-state index in [2.05, 4.69) is 21.0 Å². The summed E-state index contributed by atoms with van der Waals surface area (Å²) >= 11 is 1.39. The highest BCUT2D eigenvalue weighted by Crippen LogP contribution is 2.25. The van der Waals surface area contributed by atoms with Gasteiger partial charge in [0.15, 0.2) is 0 Å². The molecular weight excluding hydrogens is 592 g/mol. The zero-order valence-electron chi connectivity index (χ0n) is 26.2. The molecule has 1 fully saturated rings. The molecule has 5 bridgehead atoms. The summed E-state index contributed by atoms with van der Waals surface area (Å²) in [4.78, 5) is 63.5. The number of ether oxygens (including phenoxy) is 1. The Kier molecular flexibility index (Phi) is 9.64. The molecule has 2 aliphatic heterocycles. The molecule has 1 aromatic carbocycles. The van der Waals surface area contributed by atoms with Crippen LogP contribution in [-0.2, 0) is 30.3 Å². The second-order valence-corrected chi connectivity index (χ2v) is 13.3. The van der Waals surface area contributed by atoms with Crippen LogP contribution in [0.1, 0.15) is 70.5 Å². The van der Waals surface area contributed by atoms with Gasteiger partial charge in [-0.05, 0) is 57.2 Å². The van der Waals surface area contributed by atoms with Crippen LogP contribution in [0.4, 0.5) is 0 Å². The van der Waals surface area contributed by atoms with Gasteiger partial charge < -0.3 is 15.4 Å². The molecule has 3 aromatic rings. The fraction of sp³-hybridized carbons (Fsp3) is 0.455. The molecule has 45 heavy (non-hydrogen) atoms. The summed E-state index contributed by atoms with van der Waals surface area (Å²) in [7, 11) is 0. The van der Waals surface area contributed by atoms with Gasteiger partial charge in [-0.1, -0.05) is 44.2 Å². The van der Waals surface area contributed by atoms with Crippen molar-refractivity contribution in [2.75, 3.05) is 6.54 Å². The first-order chi connectivity index (χ1) is 21.4. The lowest BCUT2D eigenvalue weighted by atomic mass is 9.89. The number of rotatable bonds is 3. The van der Waals surface area contributed by atoms with Crippen LogP contribution in [0.15, 0.2) is 47.3 Å². The Morgan fingerprint density at radius 2 is 1.89 bits per heavy atom. The molecule has 5 rings (SSSR count). The van der Waals surface area contributed by atoms with Gasteiger partial charge >= 0.3 is 5.97 Å². The van der Waals surface area contributed by atoms with Crippen molar-refractivity contribution in [2.45, 2.75) is 78.1 Å². The van der Waals surface area contributed by atoms with Crippen molar-refractivity contribution in [1.29, 1.82) is 0 Å². The highest BCUT2D eigenvalue weighted by Gasteiger charge is 2.37. The summed E-state index contributed by atoms with van der Waals surface area (Å²) < 4.78 is 5.82. The van der Waals surface area contributed by atoms with Crippen LogP contribution in [0.3, 0.4) is 0 Å². The summed E-state index contributed by atoms with van der Waals surface area (Å²) in [5, 5.41) is 9.92. The molecule has 1 saturated heterocycles. The Bertz CT molecular complexity index is 1600. The number of hydrogen-bond acceptors (Lipinski definition) is 9. The van der Waals surface area contributed by atoms with Crippen LogP contribution in [0, 0.1) is 11.3 Å². The van der Waals surface area contributed by atoms with E-state index in [0.717, 1.165) is 16.5 Å². The minimum Gasteiger partial charge on any atom is -0.455 e. The number of carbonyl (C=O) groups excluding carboxylic acids is 4. The number of hydrazine groups is 1. The Labute approximate surface area is 266 Å². The van der Waals surface area contributed by atoms with E-state index in [0.29, 0.717) is 30.8 Å². The Morgan fingerprint density at radius 3 is 2.62 bits per heavy atom. The second-order valence-electron chi connectivity index (χ2n) is 12.6. The van der Waals surface area contributed by atoms with E-state index in [1.165, 1.54) is 16.3 Å². The number of cyclic esters (lactones) is 1. The van der Waals surface area contributed by atoms with Crippen LogP contribution in [0.5, 0.6) is 0 Å². The molecule has 4 heterocycles. The number of fused-ring (bicyclic) bond motifs is 4. The van der Waals surface area contributed by atoms with Crippen LogP contribution < -0.4 is 16.1 Å². The second kappa shape index (κ2) is 13.5. The first kappa shape index (κ1) is 32.2. The van der Waals surface area contributed by atoms with E-state index in [1.807, 2.05) is 55.6 Å². The number of benzene rings is 1. The van der Waals surface area contributed by atoms with E-state index in [4.69, 9.17) is 9.72 Å². The number of hydrogen-bond donors (Lipinski definition) is 3. The molecule has 1 unspecified atom stereocenters. The number of nitrogens with zero attached hydrogens (tertiary/aromatic N) is 3. The lowest BCUT2D eigenvalue weighted by Crippen LogP contribution is -2.62. The van der Waals surface area contributed by atoms with Gasteiger partial charge in [-0.3, -0.25) is 24.2 Å². The van der Waals surface area contributed by atoms with Crippen LogP contribution >= 0.6 is 11.3 Å². The van der Waals surface area contributed by atoms with Gasteiger partial charge in [0, 0.05) is 23.7 Å². The first-order valence-corrected chi connectivity index (χ1v) is 16.2. The van der Waals surface area contributed by atoms with Crippen LogP contribution in [0.2, 0.25) is 0 Å². The van der Waals surface area contributed by atoms with Crippen molar-refractivity contribution >= 4 is 52.0 Å². The topological polar surface area (TPSA) is 143 Å². The summed E-state index contributed by atoms with van der Waals surface area (Å²) in [6, 6.07) is 6.94. The first-order valence-electron chi connectivity index (χ1n) is 15.3. The van der Waals surface area contributed by atoms with E-state index in [1.54, 1.807) is 32.4 Å². The highest BCUT2D eigenvalue weighted by atomic mass is 32.1. The molecule has 0 radical (unpaired) electrons. The Morgan fingerprint density at radius 1 is 1.11 bits per heavy atom. The van der Waals surface area contributed by atoms with Crippen molar-refractivity contribution in [1.82, 2.24) is 31.0 Å². The fourth-order valence-electron chi connectivity index (χ4n) is 5.35. The molecular formula is C33H40N6O5S. The number of thiazole rings is 1. The maximum atomic E-state index is 13.9. The molecule has 3 N–H and O–H groups in total. The molecule has 3 amide bonds. The summed E-state index contributed by atoms with van der Waals surface area (Å²) in [6.07, 6.45) is 4.22. The Balaban J connectivity index is 1.51. The van der Waals surface area contributed by atoms with Gasteiger partial charge in [-0.25, -0.2) is 15.4 Å². The molecule has 238 valence electrons. The van der Waals surface area contributed by atoms with Crippen molar-refractivity contribution in [3.63, 3.8) is 0 Å². The minimum absolute atomic E-state index is 0.151. The van der Waals surface area contributed by atoms with Crippen molar-refractivity contribution < 1.29 is 23.9 Å². The summed E-state index contributed by atoms with van der Waals surface area (Å²) in [5.74, 6) is -1.96. The summed E-state index contributed by atoms with van der Waals surface area (Å²) in [5.41, 5.74) is 6.55. The number of nitrogens with one attached hydrogen (secondary N) is 3. The number of esters is 1. The number of aromatic nitrogens is 2. The maximum Gasteiger partial charge on any atom is 0.325 e. The van der Waals surface area contributed by atoms with Gasteiger partial charge in [0.25, 0.3) is 5.91 Å². The van der Waals surface area contributed by atoms with E-state index >= 15 is 0 Å². The predicted octanol–water partition coefficient (Wildman–Crippen LogP) is 3.71. The molecule has 4 atom stereocenters. The predicted molar refractivity (Wildman–Crippen MR) is 171 cm³/mol. The van der Waals surface area contributed by atoms with Crippen LogP contribution in [0.25, 0.3) is 17.0 Å². The standard InChI is InChI=1S/C33H40N6O5S/c1-19(2)28-29(40)36-27(16-23-17-45-18-34-23)30(41)39-14-6-7-25(38-39)31(42)44-20(3)24-11-10-22-9-8-21(15-26(22)35-24)12-13-33(4,5)32(43)37-28/h8-13,15,17-20,25,27-28,38H,6-7,14,16H2,1-5H3,(H,36,40)(H,37,43)/b13-12+/t20-,25+,27+,28?/m1/s1. The SMILES string of the molecule is CC(C)C1NC(=O)C(C)(C)/C=C/c2ccc3ccc(nc3c2)[C@@H](C)OC(=O)[C@@H]2CCCN(N2)C(=O)[C@H](Cc2cscn2)NC1=O. The molecule has 0 saturated carbocycles. The summed E-state index contributed by atoms with van der Waals surface area (Å²) in [6.45, 7) is 9.36. The van der Waals surface area contributed by atoms with Gasteiger partial charge in [-0.2, -0.15) is 0 Å². The molecule has 2 aliphatic rings. The largest absolute Gasteiger partial charge is 0.455 e. The third kappa shape index (κ3) is 7.56. The van der Waals surface area contributed by atoms with E-state index in [-0.39, 0.29) is 18.2 Å². The van der Waals surface area contributed by atoms with Crippen LogP contribution in [-0.4, -0.2) is 63.3 Å². The molecule has 0 aliphatic carbocycles. The minimum atomic E-state index is -0.983. The third-order valence-corrected chi connectivity index (χ3v) is 8.84. The van der Waals surface area contributed by atoms with Gasteiger partial charge in [0.1, 0.15) is 24.2 Å². The monoisotopic (exact) mass is 632 g/mol. The normalized spacial score (nSPS) is 25.5. The fourth-order valence-corrected chi connectivity index (χ4v) is 5.92. The zero-order chi connectivity index (χ0) is 32.3. The zero-order valence-corrected chi connectivity index (χ0v) is 27.0. The van der Waals surface area contributed by atoms with Crippen molar-refractivity contribution in [3.05, 3.63) is 64.2 Å². The van der Waals surface area contributed by atoms with Crippen molar-refractivity contribution in [3.8, 4) is 0 Å². The quantitative estimate of drug-likeness (QED) is 0.371. The van der Waals surface area contributed by atoms with Gasteiger partial charge in [0.05, 0.1) is 27.8 Å². The average molecular weight is 633 g/mol. The number of amides is 3. The van der Waals surface area contributed by atoms with E-state index in [9.17, 15) is 19.2 Å². The smallest absolute Gasteiger partial charge is 0.325 e. The lowest BCUT2D eigenvalue weighted by Gasteiger charge is -2.35. The average Bonchev–Trinajstić information content (AvgIpc) is 3.54. The maximum absolute atomic E-state index is 13.9.